The summed E-state index contributed by atoms with van der Waals surface area (Å²) in [4.78, 5) is 36.2. The Kier molecular flexibility index (Phi) is 5.27. The Labute approximate surface area is 182 Å². The Bertz CT molecular complexity index is 849. The van der Waals surface area contributed by atoms with E-state index in [4.69, 9.17) is 5.11 Å². The first-order valence-corrected chi connectivity index (χ1v) is 11.4. The maximum absolute atomic E-state index is 13.2. The summed E-state index contributed by atoms with van der Waals surface area (Å²) in [5.74, 6) is -2.45. The highest BCUT2D eigenvalue weighted by Gasteiger charge is 2.71. The minimum atomic E-state index is -1.89. The van der Waals surface area contributed by atoms with Gasteiger partial charge in [-0.15, -0.1) is 0 Å². The average molecular weight is 435 g/mol. The summed E-state index contributed by atoms with van der Waals surface area (Å²) in [6.07, 6.45) is 2.00. The molecule has 3 unspecified atom stereocenters. The van der Waals surface area contributed by atoms with Gasteiger partial charge in [0, 0.05) is 11.8 Å². The molecule has 0 heterocycles. The second-order valence-electron chi connectivity index (χ2n) is 11.0. The van der Waals surface area contributed by atoms with Gasteiger partial charge in [-0.3, -0.25) is 14.4 Å². The minimum Gasteiger partial charge on any atom is -0.481 e. The molecule has 7 nitrogen and oxygen atoms in total. The van der Waals surface area contributed by atoms with Crippen LogP contribution in [0.4, 0.5) is 0 Å². The Balaban J connectivity index is 1.71. The number of hydrogen-bond donors (Lipinski definition) is 4. The zero-order chi connectivity index (χ0) is 22.9. The second kappa shape index (κ2) is 7.22. The van der Waals surface area contributed by atoms with Crippen LogP contribution in [-0.2, 0) is 14.4 Å². The number of aliphatic hydroxyl groups excluding tert-OH is 2. The van der Waals surface area contributed by atoms with Gasteiger partial charge in [0.25, 0.3) is 0 Å². The number of aliphatic hydroxyl groups is 3. The van der Waals surface area contributed by atoms with Crippen LogP contribution < -0.4 is 0 Å². The molecule has 4 aliphatic rings. The molecular weight excluding hydrogens is 400 g/mol. The molecule has 0 aliphatic heterocycles. The molecule has 0 saturated heterocycles. The fourth-order valence-electron chi connectivity index (χ4n) is 8.06. The summed E-state index contributed by atoms with van der Waals surface area (Å²) in [5.41, 5.74) is -2.00. The number of carboxylic acids is 1. The first-order valence-electron chi connectivity index (χ1n) is 11.4. The fourth-order valence-corrected chi connectivity index (χ4v) is 8.06. The third-order valence-corrected chi connectivity index (χ3v) is 9.52. The summed E-state index contributed by atoms with van der Waals surface area (Å²) in [5, 5.41) is 42.4. The number of Topliss-reactive ketones (excluding diaryl/α,β-unsaturated/α-hetero) is 1. The lowest BCUT2D eigenvalue weighted by Crippen LogP contribution is -2.64. The summed E-state index contributed by atoms with van der Waals surface area (Å²) < 4.78 is 0. The van der Waals surface area contributed by atoms with Gasteiger partial charge < -0.3 is 20.4 Å². The van der Waals surface area contributed by atoms with Crippen molar-refractivity contribution in [1.82, 2.24) is 0 Å². The quantitative estimate of drug-likeness (QED) is 0.531. The van der Waals surface area contributed by atoms with Crippen molar-refractivity contribution in [2.75, 3.05) is 0 Å². The Morgan fingerprint density at radius 1 is 1.26 bits per heavy atom. The molecule has 172 valence electrons. The average Bonchev–Trinajstić information content (AvgIpc) is 2.88. The van der Waals surface area contributed by atoms with E-state index in [9.17, 15) is 29.7 Å². The van der Waals surface area contributed by atoms with Crippen LogP contribution in [-0.4, -0.2) is 55.8 Å². The minimum absolute atomic E-state index is 0.0297. The van der Waals surface area contributed by atoms with Crippen LogP contribution in [0.1, 0.15) is 65.7 Å². The van der Waals surface area contributed by atoms with E-state index in [0.717, 1.165) is 18.4 Å². The molecule has 0 radical (unpaired) electrons. The van der Waals surface area contributed by atoms with Crippen molar-refractivity contribution in [3.8, 4) is 0 Å². The van der Waals surface area contributed by atoms with Crippen LogP contribution >= 0.6 is 0 Å². The summed E-state index contributed by atoms with van der Waals surface area (Å²) in [6.45, 7) is 5.75. The topological polar surface area (TPSA) is 132 Å². The highest BCUT2D eigenvalue weighted by Crippen LogP contribution is 2.68. The summed E-state index contributed by atoms with van der Waals surface area (Å²) >= 11 is 0. The maximum Gasteiger partial charge on any atom is 0.306 e. The van der Waals surface area contributed by atoms with E-state index >= 15 is 0 Å². The predicted octanol–water partition coefficient (Wildman–Crippen LogP) is 1.87. The number of fused-ring (bicyclic) bond motifs is 5. The number of carbonyl (C=O) groups is 3. The van der Waals surface area contributed by atoms with Crippen LogP contribution in [0.5, 0.6) is 0 Å². The fraction of sp³-hybridized carbons (Fsp3) is 0.792. The van der Waals surface area contributed by atoms with Gasteiger partial charge in [-0.1, -0.05) is 26.3 Å². The molecule has 4 aliphatic carbocycles. The number of carbonyl (C=O) groups excluding carboxylic acids is 2. The maximum atomic E-state index is 13.2. The van der Waals surface area contributed by atoms with Crippen molar-refractivity contribution >= 4 is 17.5 Å². The smallest absolute Gasteiger partial charge is 0.306 e. The van der Waals surface area contributed by atoms with Gasteiger partial charge in [-0.05, 0) is 67.3 Å². The van der Waals surface area contributed by atoms with Crippen molar-refractivity contribution in [3.63, 3.8) is 0 Å². The highest BCUT2D eigenvalue weighted by molar-refractivity contribution is 5.95. The normalized spacial score (nSPS) is 47.6. The predicted molar refractivity (Wildman–Crippen MR) is 111 cm³/mol. The first-order chi connectivity index (χ1) is 14.4. The van der Waals surface area contributed by atoms with Crippen LogP contribution in [0.2, 0.25) is 0 Å². The van der Waals surface area contributed by atoms with Gasteiger partial charge in [0.05, 0.1) is 12.5 Å². The van der Waals surface area contributed by atoms with Gasteiger partial charge in [0.2, 0.25) is 0 Å². The van der Waals surface area contributed by atoms with E-state index in [0.29, 0.717) is 19.3 Å². The Morgan fingerprint density at radius 2 is 1.94 bits per heavy atom. The monoisotopic (exact) mass is 434 g/mol. The summed E-state index contributed by atoms with van der Waals surface area (Å²) in [6, 6.07) is 0. The number of rotatable bonds is 4. The van der Waals surface area contributed by atoms with Crippen LogP contribution in [0, 0.1) is 34.5 Å². The largest absolute Gasteiger partial charge is 0.481 e. The van der Waals surface area contributed by atoms with E-state index in [1.54, 1.807) is 13.0 Å². The number of aliphatic carboxylic acids is 1. The van der Waals surface area contributed by atoms with Gasteiger partial charge in [-0.25, -0.2) is 0 Å². The standard InChI is InChI=1S/C24H34O7/c1-12-8-16-15-5-4-13-9-14(25)6-7-22(13,2)20(15)18(27)11-23(16,3)24(12,31)21(30)17(26)10-19(28)29/h9,12,15-18,20,26-27,31H,4-8,10-11H2,1-3H3,(H,28,29)/t12?,15-,16-,17?,18?,20+,22-,23-,24-/m0/s1. The molecule has 9 atom stereocenters. The molecule has 0 bridgehead atoms. The van der Waals surface area contributed by atoms with E-state index in [-0.39, 0.29) is 35.4 Å². The molecule has 3 fully saturated rings. The molecule has 7 heteroatoms. The molecule has 0 aromatic heterocycles. The molecule has 0 spiro atoms. The van der Waals surface area contributed by atoms with Crippen molar-refractivity contribution < 1.29 is 34.8 Å². The van der Waals surface area contributed by atoms with Crippen LogP contribution in [0.15, 0.2) is 11.6 Å². The van der Waals surface area contributed by atoms with E-state index in [1.165, 1.54) is 0 Å². The molecule has 0 aromatic carbocycles. The zero-order valence-corrected chi connectivity index (χ0v) is 18.5. The van der Waals surface area contributed by atoms with Crippen molar-refractivity contribution in [2.24, 2.45) is 34.5 Å². The summed E-state index contributed by atoms with van der Waals surface area (Å²) in [7, 11) is 0. The van der Waals surface area contributed by atoms with E-state index in [2.05, 4.69) is 6.92 Å². The van der Waals surface area contributed by atoms with Crippen molar-refractivity contribution in [1.29, 1.82) is 0 Å². The lowest BCUT2D eigenvalue weighted by molar-refractivity contribution is -0.191. The molecule has 4 rings (SSSR count). The molecule has 3 saturated carbocycles. The van der Waals surface area contributed by atoms with Crippen molar-refractivity contribution in [2.45, 2.75) is 83.5 Å². The lowest BCUT2D eigenvalue weighted by atomic mass is 9.45. The molecule has 0 amide bonds. The zero-order valence-electron chi connectivity index (χ0n) is 18.5. The van der Waals surface area contributed by atoms with E-state index < -0.39 is 47.3 Å². The second-order valence-corrected chi connectivity index (χ2v) is 11.0. The number of hydrogen-bond acceptors (Lipinski definition) is 6. The van der Waals surface area contributed by atoms with E-state index in [1.807, 2.05) is 6.92 Å². The number of allylic oxidation sites excluding steroid dienone is 1. The number of ketones is 2. The third-order valence-electron chi connectivity index (χ3n) is 9.52. The van der Waals surface area contributed by atoms with Crippen LogP contribution in [0.25, 0.3) is 0 Å². The van der Waals surface area contributed by atoms with Gasteiger partial charge in [0.1, 0.15) is 11.7 Å². The SMILES string of the molecule is CC1C[C@H]2[C@@H]3CCC4=CC(=O)CC[C@]4(C)[C@H]3C(O)C[C@]2(C)[C@@]1(O)C(=O)C(O)CC(=O)O. The number of carboxylic acid groups (broad SMARTS) is 1. The van der Waals surface area contributed by atoms with Gasteiger partial charge in [0.15, 0.2) is 11.6 Å². The molecular formula is C24H34O7. The molecule has 0 aromatic rings. The van der Waals surface area contributed by atoms with Crippen molar-refractivity contribution in [3.05, 3.63) is 11.6 Å². The van der Waals surface area contributed by atoms with Gasteiger partial charge >= 0.3 is 5.97 Å². The highest BCUT2D eigenvalue weighted by atomic mass is 16.4. The Hall–Kier alpha value is -1.57. The first kappa shape index (κ1) is 22.6. The van der Waals surface area contributed by atoms with Gasteiger partial charge in [-0.2, -0.15) is 0 Å². The van der Waals surface area contributed by atoms with Crippen LogP contribution in [0.3, 0.4) is 0 Å². The molecule has 4 N–H and O–H groups in total. The Morgan fingerprint density at radius 3 is 2.58 bits per heavy atom. The lowest BCUT2D eigenvalue weighted by Gasteiger charge is -2.60. The third kappa shape index (κ3) is 3.00. The molecule has 31 heavy (non-hydrogen) atoms.